The molecule has 0 aliphatic carbocycles. The Morgan fingerprint density at radius 2 is 2.05 bits per heavy atom. The summed E-state index contributed by atoms with van der Waals surface area (Å²) in [6.45, 7) is 0.635. The minimum Gasteiger partial charge on any atom is -0.334 e. The summed E-state index contributed by atoms with van der Waals surface area (Å²) in [7, 11) is 0. The molecule has 0 aliphatic rings. The van der Waals surface area contributed by atoms with Crippen LogP contribution in [0.2, 0.25) is 0 Å². The van der Waals surface area contributed by atoms with Crippen molar-refractivity contribution in [3.05, 3.63) is 36.0 Å². The van der Waals surface area contributed by atoms with Crippen molar-refractivity contribution in [2.75, 3.05) is 6.54 Å². The molecule has 0 spiro atoms. The van der Waals surface area contributed by atoms with Crippen molar-refractivity contribution in [2.45, 2.75) is 6.42 Å². The maximum atomic E-state index is 5.51. The minimum atomic E-state index is 0.412. The Hall–Kier alpha value is -2.54. The van der Waals surface area contributed by atoms with Crippen LogP contribution in [-0.4, -0.2) is 32.1 Å². The first-order chi connectivity index (χ1) is 9.36. The van der Waals surface area contributed by atoms with Gasteiger partial charge in [0, 0.05) is 5.56 Å². The van der Waals surface area contributed by atoms with Gasteiger partial charge in [0.1, 0.15) is 0 Å². The van der Waals surface area contributed by atoms with Gasteiger partial charge in [0.05, 0.1) is 6.20 Å². The molecular weight excluding hydrogens is 244 g/mol. The average Bonchev–Trinajstić information content (AvgIpc) is 3.11. The van der Waals surface area contributed by atoms with E-state index in [9.17, 15) is 0 Å². The van der Waals surface area contributed by atoms with E-state index in [0.29, 0.717) is 24.0 Å². The van der Waals surface area contributed by atoms with Crippen LogP contribution < -0.4 is 5.73 Å². The van der Waals surface area contributed by atoms with Crippen LogP contribution in [0.15, 0.2) is 35.0 Å². The monoisotopic (exact) mass is 256 g/mol. The molecule has 0 saturated carbocycles. The van der Waals surface area contributed by atoms with Gasteiger partial charge in [-0.1, -0.05) is 17.3 Å². The van der Waals surface area contributed by atoms with Crippen LogP contribution in [-0.2, 0) is 6.42 Å². The molecule has 0 amide bonds. The summed E-state index contributed by atoms with van der Waals surface area (Å²) in [5, 5.41) is 14.0. The molecular formula is C12H12N6O. The summed E-state index contributed by atoms with van der Waals surface area (Å²) in [6, 6.07) is 7.88. The quantitative estimate of drug-likeness (QED) is 0.721. The van der Waals surface area contributed by atoms with Gasteiger partial charge in [-0.05, 0) is 30.7 Å². The Balaban J connectivity index is 1.86. The number of nitrogens with two attached hydrogens (primary N) is 1. The highest BCUT2D eigenvalue weighted by molar-refractivity contribution is 5.57. The lowest BCUT2D eigenvalue weighted by Gasteiger charge is -1.98. The van der Waals surface area contributed by atoms with Gasteiger partial charge in [0.25, 0.3) is 5.89 Å². The number of nitrogens with one attached hydrogen (secondary N) is 1. The summed E-state index contributed by atoms with van der Waals surface area (Å²) in [4.78, 5) is 4.27. The van der Waals surface area contributed by atoms with E-state index in [0.717, 1.165) is 12.0 Å². The third-order valence-corrected chi connectivity index (χ3v) is 2.70. The average molecular weight is 256 g/mol. The minimum absolute atomic E-state index is 0.412. The van der Waals surface area contributed by atoms with Crippen molar-refractivity contribution in [2.24, 2.45) is 5.73 Å². The van der Waals surface area contributed by atoms with Crippen LogP contribution in [0.4, 0.5) is 0 Å². The lowest BCUT2D eigenvalue weighted by Crippen LogP contribution is -2.02. The second-order valence-corrected chi connectivity index (χ2v) is 4.01. The van der Waals surface area contributed by atoms with Crippen LogP contribution in [0.1, 0.15) is 5.56 Å². The van der Waals surface area contributed by atoms with Crippen molar-refractivity contribution in [1.82, 2.24) is 25.6 Å². The molecule has 7 nitrogen and oxygen atoms in total. The molecule has 1 aromatic carbocycles. The molecule has 0 radical (unpaired) electrons. The standard InChI is InChI=1S/C12H12N6O/c13-6-5-8-1-3-9(4-2-8)12-15-11(17-19-12)10-7-14-18-16-10/h1-4,7H,5-6,13H2,(H,14,16,18). The molecule has 3 rings (SSSR count). The van der Waals surface area contributed by atoms with E-state index in [4.69, 9.17) is 10.3 Å². The van der Waals surface area contributed by atoms with Crippen LogP contribution in [0.25, 0.3) is 23.0 Å². The molecule has 0 saturated heterocycles. The topological polar surface area (TPSA) is 107 Å². The van der Waals surface area contributed by atoms with E-state index in [1.54, 1.807) is 6.20 Å². The maximum Gasteiger partial charge on any atom is 0.258 e. The van der Waals surface area contributed by atoms with E-state index in [2.05, 4.69) is 25.6 Å². The number of aromatic amines is 1. The van der Waals surface area contributed by atoms with Crippen molar-refractivity contribution in [3.8, 4) is 23.0 Å². The predicted molar refractivity (Wildman–Crippen MR) is 67.9 cm³/mol. The molecule has 0 bridgehead atoms. The zero-order valence-electron chi connectivity index (χ0n) is 10.1. The zero-order chi connectivity index (χ0) is 13.1. The van der Waals surface area contributed by atoms with Gasteiger partial charge in [-0.2, -0.15) is 20.4 Å². The zero-order valence-corrected chi connectivity index (χ0v) is 10.1. The van der Waals surface area contributed by atoms with Gasteiger partial charge in [-0.25, -0.2) is 0 Å². The second kappa shape index (κ2) is 4.99. The number of hydrogen-bond acceptors (Lipinski definition) is 6. The van der Waals surface area contributed by atoms with Gasteiger partial charge in [-0.15, -0.1) is 0 Å². The molecule has 19 heavy (non-hydrogen) atoms. The lowest BCUT2D eigenvalue weighted by molar-refractivity contribution is 0.432. The molecule has 0 atom stereocenters. The highest BCUT2D eigenvalue weighted by Crippen LogP contribution is 2.20. The SMILES string of the molecule is NCCc1ccc(-c2nc(-c3cn[nH]n3)no2)cc1. The lowest BCUT2D eigenvalue weighted by atomic mass is 10.1. The summed E-state index contributed by atoms with van der Waals surface area (Å²) in [5.74, 6) is 0.868. The van der Waals surface area contributed by atoms with Gasteiger partial charge >= 0.3 is 0 Å². The fourth-order valence-electron chi connectivity index (χ4n) is 1.73. The van der Waals surface area contributed by atoms with Gasteiger partial charge in [0.15, 0.2) is 5.69 Å². The molecule has 3 N–H and O–H groups in total. The van der Waals surface area contributed by atoms with E-state index >= 15 is 0 Å². The third-order valence-electron chi connectivity index (χ3n) is 2.70. The largest absolute Gasteiger partial charge is 0.334 e. The Morgan fingerprint density at radius 3 is 2.74 bits per heavy atom. The van der Waals surface area contributed by atoms with Crippen LogP contribution in [0.3, 0.4) is 0 Å². The van der Waals surface area contributed by atoms with Gasteiger partial charge in [0.2, 0.25) is 5.82 Å². The Labute approximate surface area is 108 Å². The third kappa shape index (κ3) is 2.36. The van der Waals surface area contributed by atoms with Crippen molar-refractivity contribution >= 4 is 0 Å². The number of rotatable bonds is 4. The number of H-pyrrole nitrogens is 1. The predicted octanol–water partition coefficient (Wildman–Crippen LogP) is 1.02. The number of nitrogens with zero attached hydrogens (tertiary/aromatic N) is 4. The first-order valence-electron chi connectivity index (χ1n) is 5.86. The molecule has 3 aromatic rings. The fourth-order valence-corrected chi connectivity index (χ4v) is 1.73. The molecule has 0 aliphatic heterocycles. The summed E-state index contributed by atoms with van der Waals surface area (Å²) >= 11 is 0. The number of benzene rings is 1. The first kappa shape index (κ1) is 11.5. The summed E-state index contributed by atoms with van der Waals surface area (Å²) in [6.07, 6.45) is 2.40. The normalized spacial score (nSPS) is 10.8. The molecule has 2 heterocycles. The molecule has 0 fully saturated rings. The fraction of sp³-hybridized carbons (Fsp3) is 0.167. The Morgan fingerprint density at radius 1 is 1.21 bits per heavy atom. The van der Waals surface area contributed by atoms with Crippen molar-refractivity contribution in [1.29, 1.82) is 0 Å². The second-order valence-electron chi connectivity index (χ2n) is 4.01. The number of hydrogen-bond donors (Lipinski definition) is 2. The van der Waals surface area contributed by atoms with Crippen LogP contribution >= 0.6 is 0 Å². The smallest absolute Gasteiger partial charge is 0.258 e. The van der Waals surface area contributed by atoms with Crippen LogP contribution in [0.5, 0.6) is 0 Å². The first-order valence-corrected chi connectivity index (χ1v) is 5.86. The molecule has 7 heteroatoms. The molecule has 2 aromatic heterocycles. The van der Waals surface area contributed by atoms with Crippen molar-refractivity contribution in [3.63, 3.8) is 0 Å². The summed E-state index contributed by atoms with van der Waals surface area (Å²) < 4.78 is 5.21. The molecule has 96 valence electrons. The number of aromatic nitrogens is 5. The summed E-state index contributed by atoms with van der Waals surface area (Å²) in [5.41, 5.74) is 8.11. The van der Waals surface area contributed by atoms with E-state index in [1.807, 2.05) is 24.3 Å². The molecule has 0 unspecified atom stereocenters. The van der Waals surface area contributed by atoms with E-state index < -0.39 is 0 Å². The Bertz CT molecular complexity index is 643. The van der Waals surface area contributed by atoms with Crippen LogP contribution in [0, 0.1) is 0 Å². The van der Waals surface area contributed by atoms with E-state index in [1.165, 1.54) is 5.56 Å². The van der Waals surface area contributed by atoms with Gasteiger partial charge < -0.3 is 10.3 Å². The Kier molecular flexibility index (Phi) is 3.03. The van der Waals surface area contributed by atoms with E-state index in [-0.39, 0.29) is 0 Å². The maximum absolute atomic E-state index is 5.51. The highest BCUT2D eigenvalue weighted by Gasteiger charge is 2.12. The van der Waals surface area contributed by atoms with Gasteiger partial charge in [-0.3, -0.25) is 0 Å². The van der Waals surface area contributed by atoms with Crippen molar-refractivity contribution < 1.29 is 4.52 Å². The highest BCUT2D eigenvalue weighted by atomic mass is 16.5.